The number of benzene rings is 1. The molecule has 86 valence electrons. The van der Waals surface area contributed by atoms with Crippen LogP contribution in [0.25, 0.3) is 6.08 Å². The van der Waals surface area contributed by atoms with Crippen LogP contribution in [-0.4, -0.2) is 16.4 Å². The number of carboxylic acids is 1. The minimum absolute atomic E-state index is 0.904. The fraction of sp³-hybridized carbons (Fsp3) is 0.250. The van der Waals surface area contributed by atoms with Gasteiger partial charge in [0.1, 0.15) is 0 Å². The number of carbonyl (C=O) groups is 1. The van der Waals surface area contributed by atoms with Gasteiger partial charge < -0.3 is 5.11 Å². The molecule has 0 aromatic heterocycles. The van der Waals surface area contributed by atoms with Crippen LogP contribution in [0.2, 0.25) is 0 Å². The van der Waals surface area contributed by atoms with E-state index in [1.807, 2.05) is 12.1 Å². The van der Waals surface area contributed by atoms with E-state index in [-0.39, 0.29) is 0 Å². The van der Waals surface area contributed by atoms with E-state index in [0.717, 1.165) is 34.3 Å². The van der Waals surface area contributed by atoms with Crippen molar-refractivity contribution < 1.29 is 9.90 Å². The quantitative estimate of drug-likeness (QED) is 0.648. The molecule has 0 saturated carbocycles. The van der Waals surface area contributed by atoms with Gasteiger partial charge in [-0.2, -0.15) is 0 Å². The van der Waals surface area contributed by atoms with Crippen LogP contribution in [0.4, 0.5) is 0 Å². The summed E-state index contributed by atoms with van der Waals surface area (Å²) >= 11 is 6.81. The third-order valence-electron chi connectivity index (χ3n) is 2.00. The van der Waals surface area contributed by atoms with E-state index in [9.17, 15) is 4.79 Å². The van der Waals surface area contributed by atoms with Gasteiger partial charge in [0.25, 0.3) is 0 Å². The maximum Gasteiger partial charge on any atom is 0.328 e. The molecule has 0 atom stereocenters. The maximum absolute atomic E-state index is 10.4. The van der Waals surface area contributed by atoms with Crippen molar-refractivity contribution in [3.8, 4) is 0 Å². The molecule has 0 aliphatic rings. The predicted octanol–water partition coefficient (Wildman–Crippen LogP) is 3.87. The van der Waals surface area contributed by atoms with Crippen LogP contribution in [0.3, 0.4) is 0 Å². The number of halogens is 2. The SMILES string of the molecule is O=C(O)/C=C/c1cc(Br)cc(CCCBr)c1. The van der Waals surface area contributed by atoms with Crippen LogP contribution < -0.4 is 0 Å². The normalized spacial score (nSPS) is 10.9. The lowest BCUT2D eigenvalue weighted by atomic mass is 10.1. The minimum atomic E-state index is -0.929. The lowest BCUT2D eigenvalue weighted by Crippen LogP contribution is -1.89. The van der Waals surface area contributed by atoms with Crippen molar-refractivity contribution in [1.82, 2.24) is 0 Å². The summed E-state index contributed by atoms with van der Waals surface area (Å²) in [5.74, 6) is -0.929. The second-order valence-corrected chi connectivity index (χ2v) is 5.07. The van der Waals surface area contributed by atoms with E-state index in [2.05, 4.69) is 37.9 Å². The first kappa shape index (κ1) is 13.5. The number of rotatable bonds is 5. The lowest BCUT2D eigenvalue weighted by Gasteiger charge is -2.03. The molecule has 0 heterocycles. The van der Waals surface area contributed by atoms with Gasteiger partial charge in [-0.25, -0.2) is 4.79 Å². The number of carboxylic acid groups (broad SMARTS) is 1. The Hall–Kier alpha value is -0.610. The Morgan fingerprint density at radius 3 is 2.75 bits per heavy atom. The van der Waals surface area contributed by atoms with Crippen molar-refractivity contribution in [2.45, 2.75) is 12.8 Å². The Bertz CT molecular complexity index is 400. The van der Waals surface area contributed by atoms with Gasteiger partial charge in [-0.3, -0.25) is 0 Å². The average molecular weight is 348 g/mol. The molecule has 0 amide bonds. The molecule has 1 N–H and O–H groups in total. The van der Waals surface area contributed by atoms with Gasteiger partial charge in [0.05, 0.1) is 0 Å². The molecule has 0 aliphatic carbocycles. The summed E-state index contributed by atoms with van der Waals surface area (Å²) in [7, 11) is 0. The van der Waals surface area contributed by atoms with Crippen LogP contribution in [0.15, 0.2) is 28.7 Å². The fourth-order valence-electron chi connectivity index (χ4n) is 1.35. The first-order chi connectivity index (χ1) is 7.61. The summed E-state index contributed by atoms with van der Waals surface area (Å²) in [4.78, 5) is 10.4. The highest BCUT2D eigenvalue weighted by Crippen LogP contribution is 2.18. The first-order valence-electron chi connectivity index (χ1n) is 4.88. The fourth-order valence-corrected chi connectivity index (χ4v) is 2.19. The number of aryl methyl sites for hydroxylation is 1. The zero-order valence-corrected chi connectivity index (χ0v) is 11.8. The molecule has 1 aromatic rings. The van der Waals surface area contributed by atoms with Crippen LogP contribution in [0.1, 0.15) is 17.5 Å². The first-order valence-corrected chi connectivity index (χ1v) is 6.79. The van der Waals surface area contributed by atoms with Gasteiger partial charge in [0.2, 0.25) is 0 Å². The Labute approximate surface area is 112 Å². The van der Waals surface area contributed by atoms with Crippen LogP contribution in [0, 0.1) is 0 Å². The van der Waals surface area contributed by atoms with Crippen molar-refractivity contribution in [2.75, 3.05) is 5.33 Å². The topological polar surface area (TPSA) is 37.3 Å². The van der Waals surface area contributed by atoms with E-state index in [1.54, 1.807) is 6.08 Å². The van der Waals surface area contributed by atoms with E-state index in [4.69, 9.17) is 5.11 Å². The van der Waals surface area contributed by atoms with Crippen molar-refractivity contribution in [2.24, 2.45) is 0 Å². The Morgan fingerprint density at radius 2 is 2.12 bits per heavy atom. The van der Waals surface area contributed by atoms with Crippen LogP contribution in [0.5, 0.6) is 0 Å². The van der Waals surface area contributed by atoms with Gasteiger partial charge in [-0.15, -0.1) is 0 Å². The molecule has 0 saturated heterocycles. The van der Waals surface area contributed by atoms with Gasteiger partial charge in [-0.05, 0) is 42.2 Å². The summed E-state index contributed by atoms with van der Waals surface area (Å²) in [5.41, 5.74) is 2.11. The summed E-state index contributed by atoms with van der Waals surface area (Å²) < 4.78 is 0.976. The summed E-state index contributed by atoms with van der Waals surface area (Å²) in [6.45, 7) is 0. The highest BCUT2D eigenvalue weighted by Gasteiger charge is 1.98. The van der Waals surface area contributed by atoms with Crippen LogP contribution in [-0.2, 0) is 11.2 Å². The van der Waals surface area contributed by atoms with Gasteiger partial charge in [0.15, 0.2) is 0 Å². The van der Waals surface area contributed by atoms with Crippen molar-refractivity contribution >= 4 is 43.9 Å². The molecule has 0 fully saturated rings. The highest BCUT2D eigenvalue weighted by molar-refractivity contribution is 9.10. The smallest absolute Gasteiger partial charge is 0.328 e. The second-order valence-electron chi connectivity index (χ2n) is 3.36. The third-order valence-corrected chi connectivity index (χ3v) is 3.02. The standard InChI is InChI=1S/C12H12Br2O2/c13-5-1-2-9-6-10(3-4-12(15)16)8-11(14)7-9/h3-4,6-8H,1-2,5H2,(H,15,16)/b4-3+. The third kappa shape index (κ3) is 4.94. The molecular weight excluding hydrogens is 336 g/mol. The minimum Gasteiger partial charge on any atom is -0.478 e. The molecule has 0 spiro atoms. The summed E-state index contributed by atoms with van der Waals surface area (Å²) in [5, 5.41) is 9.52. The van der Waals surface area contributed by atoms with Crippen molar-refractivity contribution in [1.29, 1.82) is 0 Å². The molecule has 0 unspecified atom stereocenters. The van der Waals surface area contributed by atoms with E-state index < -0.39 is 5.97 Å². The average Bonchev–Trinajstić information content (AvgIpc) is 2.23. The molecule has 0 bridgehead atoms. The zero-order valence-electron chi connectivity index (χ0n) is 8.62. The molecule has 1 aromatic carbocycles. The van der Waals surface area contributed by atoms with E-state index >= 15 is 0 Å². The number of aliphatic carboxylic acids is 1. The predicted molar refractivity (Wildman–Crippen MR) is 72.9 cm³/mol. The molecular formula is C12H12Br2O2. The molecule has 4 heteroatoms. The van der Waals surface area contributed by atoms with Gasteiger partial charge >= 0.3 is 5.97 Å². The monoisotopic (exact) mass is 346 g/mol. The molecule has 16 heavy (non-hydrogen) atoms. The molecule has 2 nitrogen and oxygen atoms in total. The van der Waals surface area contributed by atoms with Crippen LogP contribution >= 0.6 is 31.9 Å². The Morgan fingerprint density at radius 1 is 1.38 bits per heavy atom. The summed E-state index contributed by atoms with van der Waals surface area (Å²) in [6, 6.07) is 5.96. The zero-order chi connectivity index (χ0) is 12.0. The number of hydrogen-bond acceptors (Lipinski definition) is 1. The molecule has 0 radical (unpaired) electrons. The van der Waals surface area contributed by atoms with Crippen molar-refractivity contribution in [3.63, 3.8) is 0 Å². The van der Waals surface area contributed by atoms with E-state index in [0.29, 0.717) is 0 Å². The Balaban J connectivity index is 2.85. The number of alkyl halides is 1. The molecule has 0 aliphatic heterocycles. The highest BCUT2D eigenvalue weighted by atomic mass is 79.9. The van der Waals surface area contributed by atoms with E-state index in [1.165, 1.54) is 5.56 Å². The van der Waals surface area contributed by atoms with Gasteiger partial charge in [-0.1, -0.05) is 37.9 Å². The maximum atomic E-state index is 10.4. The molecule has 1 rings (SSSR count). The second kappa shape index (κ2) is 6.86. The summed E-state index contributed by atoms with van der Waals surface area (Å²) in [6.07, 6.45) is 4.80. The van der Waals surface area contributed by atoms with Crippen molar-refractivity contribution in [3.05, 3.63) is 39.9 Å². The number of hydrogen-bond donors (Lipinski definition) is 1. The van der Waals surface area contributed by atoms with Gasteiger partial charge in [0, 0.05) is 15.9 Å². The Kier molecular flexibility index (Phi) is 5.77. The lowest BCUT2D eigenvalue weighted by molar-refractivity contribution is -0.131. The largest absolute Gasteiger partial charge is 0.478 e.